The molecule has 12 heavy (non-hydrogen) atoms. The van der Waals surface area contributed by atoms with Crippen LogP contribution in [0.2, 0.25) is 0 Å². The van der Waals surface area contributed by atoms with Gasteiger partial charge in [-0.3, -0.25) is 0 Å². The summed E-state index contributed by atoms with van der Waals surface area (Å²) >= 11 is 1.62. The maximum Gasteiger partial charge on any atom is 0.149 e. The van der Waals surface area contributed by atoms with Crippen LogP contribution in [0.5, 0.6) is 0 Å². The van der Waals surface area contributed by atoms with E-state index in [1.807, 2.05) is 17.5 Å². The first kappa shape index (κ1) is 7.95. The van der Waals surface area contributed by atoms with Crippen LogP contribution in [0, 0.1) is 0 Å². The van der Waals surface area contributed by atoms with Crippen LogP contribution in [0.25, 0.3) is 0 Å². The van der Waals surface area contributed by atoms with E-state index in [4.69, 9.17) is 0 Å². The highest BCUT2D eigenvalue weighted by Crippen LogP contribution is 2.52. The fourth-order valence-corrected chi connectivity index (χ4v) is 2.54. The monoisotopic (exact) mass is 182 g/mol. The van der Waals surface area contributed by atoms with E-state index in [1.54, 1.807) is 11.3 Å². The van der Waals surface area contributed by atoms with E-state index < -0.39 is 6.10 Å². The van der Waals surface area contributed by atoms with Crippen molar-refractivity contribution in [2.24, 2.45) is 0 Å². The van der Waals surface area contributed by atoms with Gasteiger partial charge < -0.3 is 9.90 Å². The van der Waals surface area contributed by atoms with E-state index in [-0.39, 0.29) is 5.41 Å². The molecular formula is C9H10O2S. The summed E-state index contributed by atoms with van der Waals surface area (Å²) in [6.07, 6.45) is 1.71. The van der Waals surface area contributed by atoms with Crippen LogP contribution in [-0.2, 0) is 10.2 Å². The fraction of sp³-hybridized carbons (Fsp3) is 0.444. The molecule has 0 saturated heterocycles. The quantitative estimate of drug-likeness (QED) is 0.716. The average Bonchev–Trinajstić information content (AvgIpc) is 2.73. The highest BCUT2D eigenvalue weighted by molar-refractivity contribution is 7.10. The molecule has 2 rings (SSSR count). The van der Waals surface area contributed by atoms with Crippen LogP contribution < -0.4 is 0 Å². The van der Waals surface area contributed by atoms with Crippen molar-refractivity contribution < 1.29 is 9.90 Å². The molecule has 0 aromatic carbocycles. The van der Waals surface area contributed by atoms with Crippen LogP contribution in [0.3, 0.4) is 0 Å². The lowest BCUT2D eigenvalue weighted by atomic mass is 9.98. The zero-order valence-electron chi connectivity index (χ0n) is 6.56. The Balaban J connectivity index is 2.28. The first-order valence-corrected chi connectivity index (χ1v) is 4.85. The average molecular weight is 182 g/mol. The van der Waals surface area contributed by atoms with Gasteiger partial charge in [-0.15, -0.1) is 11.3 Å². The molecular weight excluding hydrogens is 172 g/mol. The molecule has 1 aliphatic carbocycles. The first-order chi connectivity index (χ1) is 5.79. The van der Waals surface area contributed by atoms with E-state index >= 15 is 0 Å². The van der Waals surface area contributed by atoms with Crippen molar-refractivity contribution in [1.82, 2.24) is 0 Å². The molecule has 2 nitrogen and oxygen atoms in total. The number of aliphatic hydroxyl groups excluding tert-OH is 1. The summed E-state index contributed by atoms with van der Waals surface area (Å²) in [5, 5.41) is 11.4. The Labute approximate surface area is 74.8 Å². The molecule has 1 fully saturated rings. The van der Waals surface area contributed by atoms with Gasteiger partial charge >= 0.3 is 0 Å². The SMILES string of the molecule is O=CC(O)C1(c2cccs2)CC1. The van der Waals surface area contributed by atoms with Crippen molar-refractivity contribution in [2.75, 3.05) is 0 Å². The van der Waals surface area contributed by atoms with E-state index in [0.717, 1.165) is 17.7 Å². The predicted octanol–water partition coefficient (Wildman–Crippen LogP) is 1.34. The zero-order chi connectivity index (χ0) is 8.60. The van der Waals surface area contributed by atoms with Crippen molar-refractivity contribution in [3.8, 4) is 0 Å². The summed E-state index contributed by atoms with van der Waals surface area (Å²) in [6.45, 7) is 0. The highest BCUT2D eigenvalue weighted by atomic mass is 32.1. The minimum atomic E-state index is -0.809. The molecule has 1 N–H and O–H groups in total. The van der Waals surface area contributed by atoms with Gasteiger partial charge in [-0.2, -0.15) is 0 Å². The lowest BCUT2D eigenvalue weighted by Crippen LogP contribution is -2.26. The van der Waals surface area contributed by atoms with E-state index in [0.29, 0.717) is 6.29 Å². The minimum absolute atomic E-state index is 0.212. The Morgan fingerprint density at radius 2 is 2.42 bits per heavy atom. The van der Waals surface area contributed by atoms with Crippen LogP contribution in [0.4, 0.5) is 0 Å². The van der Waals surface area contributed by atoms with Crippen molar-refractivity contribution in [3.05, 3.63) is 22.4 Å². The Kier molecular flexibility index (Phi) is 1.77. The second-order valence-electron chi connectivity index (χ2n) is 3.21. The third kappa shape index (κ3) is 1.01. The molecule has 1 aliphatic rings. The maximum absolute atomic E-state index is 10.4. The Morgan fingerprint density at radius 1 is 1.67 bits per heavy atom. The summed E-state index contributed by atoms with van der Waals surface area (Å²) in [6, 6.07) is 3.95. The van der Waals surface area contributed by atoms with Gasteiger partial charge in [-0.25, -0.2) is 0 Å². The molecule has 0 aliphatic heterocycles. The number of hydrogen-bond donors (Lipinski definition) is 1. The number of thiophene rings is 1. The zero-order valence-corrected chi connectivity index (χ0v) is 7.38. The number of carbonyl (C=O) groups excluding carboxylic acids is 1. The first-order valence-electron chi connectivity index (χ1n) is 3.97. The summed E-state index contributed by atoms with van der Waals surface area (Å²) in [4.78, 5) is 11.6. The normalized spacial score (nSPS) is 21.8. The number of aliphatic hydroxyl groups is 1. The topological polar surface area (TPSA) is 37.3 Å². The van der Waals surface area contributed by atoms with Crippen LogP contribution in [-0.4, -0.2) is 17.5 Å². The van der Waals surface area contributed by atoms with Gasteiger partial charge in [-0.1, -0.05) is 6.07 Å². The van der Waals surface area contributed by atoms with Gasteiger partial charge in [0.05, 0.1) is 0 Å². The van der Waals surface area contributed by atoms with Gasteiger partial charge in [0.1, 0.15) is 12.4 Å². The molecule has 0 amide bonds. The summed E-state index contributed by atoms with van der Waals surface area (Å²) in [7, 11) is 0. The summed E-state index contributed by atoms with van der Waals surface area (Å²) in [5.74, 6) is 0. The Hall–Kier alpha value is -0.670. The smallest absolute Gasteiger partial charge is 0.149 e. The Bertz CT molecular complexity index is 275. The molecule has 0 bridgehead atoms. The number of hydrogen-bond acceptors (Lipinski definition) is 3. The van der Waals surface area contributed by atoms with Gasteiger partial charge in [0.25, 0.3) is 0 Å². The largest absolute Gasteiger partial charge is 0.385 e. The third-order valence-corrected chi connectivity index (χ3v) is 3.59. The molecule has 0 radical (unpaired) electrons. The van der Waals surface area contributed by atoms with Crippen molar-refractivity contribution in [2.45, 2.75) is 24.4 Å². The minimum Gasteiger partial charge on any atom is -0.385 e. The molecule has 0 spiro atoms. The molecule has 64 valence electrons. The van der Waals surface area contributed by atoms with Crippen molar-refractivity contribution in [1.29, 1.82) is 0 Å². The summed E-state index contributed by atoms with van der Waals surface area (Å²) < 4.78 is 0. The van der Waals surface area contributed by atoms with Gasteiger partial charge in [0, 0.05) is 10.3 Å². The van der Waals surface area contributed by atoms with Gasteiger partial charge in [0.15, 0.2) is 0 Å². The van der Waals surface area contributed by atoms with Gasteiger partial charge in [0.2, 0.25) is 0 Å². The van der Waals surface area contributed by atoms with E-state index in [1.165, 1.54) is 0 Å². The molecule has 1 aromatic heterocycles. The van der Waals surface area contributed by atoms with Crippen LogP contribution in [0.1, 0.15) is 17.7 Å². The van der Waals surface area contributed by atoms with Crippen molar-refractivity contribution >= 4 is 17.6 Å². The maximum atomic E-state index is 10.4. The summed E-state index contributed by atoms with van der Waals surface area (Å²) in [5.41, 5.74) is -0.212. The van der Waals surface area contributed by atoms with E-state index in [2.05, 4.69) is 0 Å². The second kappa shape index (κ2) is 2.68. The molecule has 3 heteroatoms. The second-order valence-corrected chi connectivity index (χ2v) is 4.16. The number of rotatable bonds is 3. The molecule has 1 atom stereocenters. The predicted molar refractivity (Wildman–Crippen MR) is 47.3 cm³/mol. The number of carbonyl (C=O) groups is 1. The van der Waals surface area contributed by atoms with Crippen molar-refractivity contribution in [3.63, 3.8) is 0 Å². The third-order valence-electron chi connectivity index (χ3n) is 2.50. The van der Waals surface area contributed by atoms with Gasteiger partial charge in [-0.05, 0) is 24.3 Å². The molecule has 1 heterocycles. The number of aldehydes is 1. The standard InChI is InChI=1S/C9H10O2S/c10-6-7(11)9(3-4-9)8-2-1-5-12-8/h1-2,5-7,11H,3-4H2. The highest BCUT2D eigenvalue weighted by Gasteiger charge is 2.51. The lowest BCUT2D eigenvalue weighted by molar-refractivity contribution is -0.116. The Morgan fingerprint density at radius 3 is 2.83 bits per heavy atom. The van der Waals surface area contributed by atoms with Crippen LogP contribution >= 0.6 is 11.3 Å². The molecule has 1 aromatic rings. The van der Waals surface area contributed by atoms with E-state index in [9.17, 15) is 9.90 Å². The lowest BCUT2D eigenvalue weighted by Gasteiger charge is -2.14. The molecule has 1 saturated carbocycles. The molecule has 1 unspecified atom stereocenters. The fourth-order valence-electron chi connectivity index (χ4n) is 1.51. The van der Waals surface area contributed by atoms with Crippen LogP contribution in [0.15, 0.2) is 17.5 Å².